The van der Waals surface area contributed by atoms with E-state index in [1.165, 1.54) is 0 Å². The number of para-hydroxylation sites is 1. The van der Waals surface area contributed by atoms with Crippen molar-refractivity contribution >= 4 is 10.9 Å². The fraction of sp³-hybridized carbons (Fsp3) is 0.0833. The van der Waals surface area contributed by atoms with Gasteiger partial charge in [-0.1, -0.05) is 18.2 Å². The molecule has 0 spiro atoms. The Morgan fingerprint density at radius 2 is 2.12 bits per heavy atom. The molecular formula is C12H10N2O2. The molecule has 3 rings (SSSR count). The van der Waals surface area contributed by atoms with E-state index in [0.717, 1.165) is 22.2 Å². The summed E-state index contributed by atoms with van der Waals surface area (Å²) < 4.78 is 5.37. The van der Waals surface area contributed by atoms with Gasteiger partial charge in [0.05, 0.1) is 18.4 Å². The molecule has 2 aromatic heterocycles. The molecule has 0 aliphatic carbocycles. The molecule has 4 heteroatoms. The third kappa shape index (κ3) is 1.24. The normalized spacial score (nSPS) is 11.1. The van der Waals surface area contributed by atoms with Gasteiger partial charge in [0.1, 0.15) is 5.69 Å². The number of aliphatic hydroxyl groups is 1. The number of nitrogens with one attached hydrogen (secondary N) is 1. The minimum Gasteiger partial charge on any atom is -0.462 e. The van der Waals surface area contributed by atoms with Crippen molar-refractivity contribution < 1.29 is 9.52 Å². The topological polar surface area (TPSA) is 62.1 Å². The van der Waals surface area contributed by atoms with Crippen LogP contribution in [0.2, 0.25) is 0 Å². The maximum atomic E-state index is 9.18. The first-order chi connectivity index (χ1) is 7.90. The Hall–Kier alpha value is -2.07. The van der Waals surface area contributed by atoms with Crippen molar-refractivity contribution in [3.63, 3.8) is 0 Å². The van der Waals surface area contributed by atoms with Crippen molar-refractivity contribution in [3.8, 4) is 11.5 Å². The highest BCUT2D eigenvalue weighted by molar-refractivity contribution is 5.91. The second kappa shape index (κ2) is 3.50. The summed E-state index contributed by atoms with van der Waals surface area (Å²) in [4.78, 5) is 0. The van der Waals surface area contributed by atoms with E-state index in [9.17, 15) is 5.11 Å². The molecule has 0 saturated heterocycles. The van der Waals surface area contributed by atoms with Crippen molar-refractivity contribution in [1.29, 1.82) is 0 Å². The first-order valence-electron chi connectivity index (χ1n) is 5.01. The number of furan rings is 1. The summed E-state index contributed by atoms with van der Waals surface area (Å²) in [5, 5.41) is 17.3. The number of fused-ring (bicyclic) bond motifs is 1. The molecular weight excluding hydrogens is 204 g/mol. The number of nitrogens with zero attached hydrogens (tertiary/aromatic N) is 1. The molecule has 0 aliphatic heterocycles. The van der Waals surface area contributed by atoms with Gasteiger partial charge in [-0.15, -0.1) is 0 Å². The van der Waals surface area contributed by atoms with Gasteiger partial charge in [-0.3, -0.25) is 5.10 Å². The van der Waals surface area contributed by atoms with Crippen molar-refractivity contribution in [2.45, 2.75) is 6.61 Å². The zero-order valence-electron chi connectivity index (χ0n) is 8.47. The number of aliphatic hydroxyl groups excluding tert-OH is 1. The van der Waals surface area contributed by atoms with Gasteiger partial charge in [0.25, 0.3) is 0 Å². The van der Waals surface area contributed by atoms with Gasteiger partial charge in [-0.25, -0.2) is 0 Å². The Balaban J connectivity index is 2.26. The van der Waals surface area contributed by atoms with Crippen LogP contribution < -0.4 is 0 Å². The van der Waals surface area contributed by atoms with Gasteiger partial charge in [0.15, 0.2) is 5.76 Å². The van der Waals surface area contributed by atoms with Crippen molar-refractivity contribution in [2.75, 3.05) is 0 Å². The maximum Gasteiger partial charge on any atom is 0.160 e. The quantitative estimate of drug-likeness (QED) is 0.688. The van der Waals surface area contributed by atoms with Crippen LogP contribution in [0.15, 0.2) is 41.0 Å². The minimum absolute atomic E-state index is 0.0486. The van der Waals surface area contributed by atoms with Crippen molar-refractivity contribution in [1.82, 2.24) is 10.2 Å². The standard InChI is InChI=1S/C12H10N2O2/c15-7-8-5-6-16-12(8)11-9-3-1-2-4-10(9)13-14-11/h1-6,15H,7H2,(H,13,14). The number of benzene rings is 1. The SMILES string of the molecule is OCc1ccoc1-c1n[nH]c2ccccc12. The molecule has 80 valence electrons. The van der Waals surface area contributed by atoms with E-state index in [1.807, 2.05) is 24.3 Å². The van der Waals surface area contributed by atoms with E-state index < -0.39 is 0 Å². The van der Waals surface area contributed by atoms with Gasteiger partial charge in [0, 0.05) is 10.9 Å². The van der Waals surface area contributed by atoms with Gasteiger partial charge in [0.2, 0.25) is 0 Å². The highest BCUT2D eigenvalue weighted by atomic mass is 16.3. The second-order valence-corrected chi connectivity index (χ2v) is 3.55. The Labute approximate surface area is 91.5 Å². The zero-order valence-corrected chi connectivity index (χ0v) is 8.47. The molecule has 0 amide bonds. The highest BCUT2D eigenvalue weighted by Crippen LogP contribution is 2.29. The van der Waals surface area contributed by atoms with Crippen molar-refractivity contribution in [3.05, 3.63) is 42.2 Å². The average Bonchev–Trinajstić information content (AvgIpc) is 2.94. The van der Waals surface area contributed by atoms with Crippen LogP contribution in [0.4, 0.5) is 0 Å². The molecule has 0 saturated carbocycles. The van der Waals surface area contributed by atoms with E-state index in [0.29, 0.717) is 5.76 Å². The molecule has 2 heterocycles. The predicted molar refractivity (Wildman–Crippen MR) is 59.7 cm³/mol. The molecule has 0 unspecified atom stereocenters. The molecule has 4 nitrogen and oxygen atoms in total. The number of aromatic nitrogens is 2. The van der Waals surface area contributed by atoms with E-state index in [1.54, 1.807) is 12.3 Å². The van der Waals surface area contributed by atoms with Gasteiger partial charge >= 0.3 is 0 Å². The Morgan fingerprint density at radius 1 is 1.25 bits per heavy atom. The van der Waals surface area contributed by atoms with Crippen LogP contribution in [0.25, 0.3) is 22.4 Å². The summed E-state index contributed by atoms with van der Waals surface area (Å²) in [5.74, 6) is 0.625. The molecule has 3 aromatic rings. The third-order valence-corrected chi connectivity index (χ3v) is 2.60. The number of H-pyrrole nitrogens is 1. The van der Waals surface area contributed by atoms with Gasteiger partial charge in [-0.05, 0) is 12.1 Å². The summed E-state index contributed by atoms with van der Waals surface area (Å²) in [6.07, 6.45) is 1.56. The van der Waals surface area contributed by atoms with Crippen molar-refractivity contribution in [2.24, 2.45) is 0 Å². The Kier molecular flexibility index (Phi) is 2.01. The van der Waals surface area contributed by atoms with E-state index in [-0.39, 0.29) is 6.61 Å². The Morgan fingerprint density at radius 3 is 3.00 bits per heavy atom. The monoisotopic (exact) mass is 214 g/mol. The molecule has 0 radical (unpaired) electrons. The van der Waals surface area contributed by atoms with Crippen LogP contribution in [0, 0.1) is 0 Å². The van der Waals surface area contributed by atoms with Crippen LogP contribution in [0.5, 0.6) is 0 Å². The summed E-state index contributed by atoms with van der Waals surface area (Å²) in [6, 6.07) is 9.56. The van der Waals surface area contributed by atoms with Crippen LogP contribution in [-0.2, 0) is 6.61 Å². The van der Waals surface area contributed by atoms with E-state index in [4.69, 9.17) is 4.42 Å². The lowest BCUT2D eigenvalue weighted by Gasteiger charge is -1.96. The second-order valence-electron chi connectivity index (χ2n) is 3.55. The van der Waals surface area contributed by atoms with Crippen LogP contribution in [0.1, 0.15) is 5.56 Å². The molecule has 0 bridgehead atoms. The van der Waals surface area contributed by atoms with E-state index >= 15 is 0 Å². The molecule has 1 aromatic carbocycles. The average molecular weight is 214 g/mol. The summed E-state index contributed by atoms with van der Waals surface area (Å²) in [7, 11) is 0. The van der Waals surface area contributed by atoms with Crippen LogP contribution in [-0.4, -0.2) is 15.3 Å². The van der Waals surface area contributed by atoms with Gasteiger partial charge in [-0.2, -0.15) is 5.10 Å². The summed E-state index contributed by atoms with van der Waals surface area (Å²) in [6.45, 7) is -0.0486. The lowest BCUT2D eigenvalue weighted by atomic mass is 10.1. The number of rotatable bonds is 2. The number of hydrogen-bond acceptors (Lipinski definition) is 3. The fourth-order valence-corrected chi connectivity index (χ4v) is 1.80. The minimum atomic E-state index is -0.0486. The lowest BCUT2D eigenvalue weighted by molar-refractivity contribution is 0.281. The van der Waals surface area contributed by atoms with Crippen LogP contribution in [0.3, 0.4) is 0 Å². The molecule has 0 atom stereocenters. The fourth-order valence-electron chi connectivity index (χ4n) is 1.80. The van der Waals surface area contributed by atoms with Gasteiger partial charge < -0.3 is 9.52 Å². The predicted octanol–water partition coefficient (Wildman–Crippen LogP) is 2.32. The number of aromatic amines is 1. The largest absolute Gasteiger partial charge is 0.462 e. The molecule has 2 N–H and O–H groups in total. The number of hydrogen-bond donors (Lipinski definition) is 2. The van der Waals surface area contributed by atoms with Crippen LogP contribution >= 0.6 is 0 Å². The lowest BCUT2D eigenvalue weighted by Crippen LogP contribution is -1.84. The molecule has 0 aliphatic rings. The molecule has 0 fully saturated rings. The zero-order chi connectivity index (χ0) is 11.0. The highest BCUT2D eigenvalue weighted by Gasteiger charge is 2.14. The Bertz CT molecular complexity index is 625. The molecule has 16 heavy (non-hydrogen) atoms. The summed E-state index contributed by atoms with van der Waals surface area (Å²) >= 11 is 0. The first-order valence-corrected chi connectivity index (χ1v) is 5.01. The summed E-state index contributed by atoms with van der Waals surface area (Å²) in [5.41, 5.74) is 2.44. The smallest absolute Gasteiger partial charge is 0.160 e. The first kappa shape index (κ1) is 9.18. The third-order valence-electron chi connectivity index (χ3n) is 2.60. The van der Waals surface area contributed by atoms with E-state index in [2.05, 4.69) is 10.2 Å². The maximum absolute atomic E-state index is 9.18.